The maximum atomic E-state index is 12.1. The van der Waals surface area contributed by atoms with Crippen molar-refractivity contribution in [2.45, 2.75) is 9.79 Å². The molecule has 0 radical (unpaired) electrons. The average Bonchev–Trinajstić information content (AvgIpc) is 2.60. The van der Waals surface area contributed by atoms with Crippen LogP contribution in [0.3, 0.4) is 0 Å². The van der Waals surface area contributed by atoms with Gasteiger partial charge in [-0.2, -0.15) is 0 Å². The molecule has 0 bridgehead atoms. The molecular weight excluding hydrogens is 384 g/mol. The SMILES string of the molecule is CON(C)S(=O)(=O)c1ccc(NC(=O)CSc2ccccc2Cl)cc1. The van der Waals surface area contributed by atoms with Gasteiger partial charge < -0.3 is 5.32 Å². The predicted octanol–water partition coefficient (Wildman–Crippen LogP) is 3.25. The number of amides is 1. The zero-order valence-electron chi connectivity index (χ0n) is 13.6. The quantitative estimate of drug-likeness (QED) is 0.570. The van der Waals surface area contributed by atoms with E-state index < -0.39 is 10.0 Å². The molecule has 0 heterocycles. The van der Waals surface area contributed by atoms with Crippen LogP contribution < -0.4 is 5.32 Å². The number of hydrogen-bond acceptors (Lipinski definition) is 5. The maximum absolute atomic E-state index is 12.1. The predicted molar refractivity (Wildman–Crippen MR) is 99.2 cm³/mol. The number of hydrogen-bond donors (Lipinski definition) is 1. The molecule has 0 aliphatic heterocycles. The molecule has 9 heteroatoms. The Balaban J connectivity index is 1.97. The highest BCUT2D eigenvalue weighted by Crippen LogP contribution is 2.26. The Bertz CT molecular complexity index is 841. The molecular formula is C16H17ClN2O4S2. The molecule has 134 valence electrons. The fraction of sp³-hybridized carbons (Fsp3) is 0.188. The number of sulfonamides is 1. The number of anilines is 1. The lowest BCUT2D eigenvalue weighted by Crippen LogP contribution is -2.25. The molecule has 2 rings (SSSR count). The van der Waals surface area contributed by atoms with E-state index in [1.807, 2.05) is 18.2 Å². The molecule has 0 saturated carbocycles. The van der Waals surface area contributed by atoms with Crippen LogP contribution in [0.1, 0.15) is 0 Å². The number of nitrogens with zero attached hydrogens (tertiary/aromatic N) is 1. The Kier molecular flexibility index (Phi) is 6.86. The maximum Gasteiger partial charge on any atom is 0.264 e. The molecule has 0 aliphatic carbocycles. The van der Waals surface area contributed by atoms with Gasteiger partial charge in [-0.05, 0) is 36.4 Å². The van der Waals surface area contributed by atoms with Gasteiger partial charge in [-0.15, -0.1) is 11.8 Å². The van der Waals surface area contributed by atoms with E-state index in [1.165, 1.54) is 50.2 Å². The number of rotatable bonds is 7. The van der Waals surface area contributed by atoms with Crippen molar-refractivity contribution in [2.24, 2.45) is 0 Å². The fourth-order valence-corrected chi connectivity index (χ4v) is 3.87. The fourth-order valence-electron chi connectivity index (χ4n) is 1.86. The lowest BCUT2D eigenvalue weighted by atomic mass is 10.3. The monoisotopic (exact) mass is 400 g/mol. The molecule has 2 aromatic rings. The van der Waals surface area contributed by atoms with Gasteiger partial charge in [0.2, 0.25) is 5.91 Å². The van der Waals surface area contributed by atoms with Crippen LogP contribution in [0.2, 0.25) is 5.02 Å². The largest absolute Gasteiger partial charge is 0.325 e. The Labute approximate surface area is 156 Å². The van der Waals surface area contributed by atoms with Crippen molar-refractivity contribution in [3.8, 4) is 0 Å². The van der Waals surface area contributed by atoms with Crippen LogP contribution >= 0.6 is 23.4 Å². The number of nitrogens with one attached hydrogen (secondary N) is 1. The van der Waals surface area contributed by atoms with Crippen LogP contribution in [0.4, 0.5) is 5.69 Å². The Morgan fingerprint density at radius 3 is 2.44 bits per heavy atom. The molecule has 0 aromatic heterocycles. The molecule has 1 amide bonds. The van der Waals surface area contributed by atoms with Gasteiger partial charge in [-0.25, -0.2) is 8.42 Å². The number of hydroxylamine groups is 1. The number of halogens is 1. The van der Waals surface area contributed by atoms with E-state index in [0.717, 1.165) is 9.36 Å². The number of benzene rings is 2. The normalized spacial score (nSPS) is 11.5. The minimum atomic E-state index is -3.71. The number of carbonyl (C=O) groups is 1. The molecule has 25 heavy (non-hydrogen) atoms. The van der Waals surface area contributed by atoms with Gasteiger partial charge in [-0.3, -0.25) is 9.63 Å². The van der Waals surface area contributed by atoms with Gasteiger partial charge >= 0.3 is 0 Å². The lowest BCUT2D eigenvalue weighted by molar-refractivity contribution is -0.113. The average molecular weight is 401 g/mol. The van der Waals surface area contributed by atoms with Crippen molar-refractivity contribution in [2.75, 3.05) is 25.2 Å². The van der Waals surface area contributed by atoms with E-state index in [-0.39, 0.29) is 16.6 Å². The Hall–Kier alpha value is -1.58. The molecule has 2 aromatic carbocycles. The van der Waals surface area contributed by atoms with Crippen molar-refractivity contribution >= 4 is 45.0 Å². The van der Waals surface area contributed by atoms with Gasteiger partial charge in [0.15, 0.2) is 0 Å². The molecule has 0 unspecified atom stereocenters. The summed E-state index contributed by atoms with van der Waals surface area (Å²) in [6, 6.07) is 13.1. The second kappa shape index (κ2) is 8.68. The van der Waals surface area contributed by atoms with Gasteiger partial charge in [0.05, 0.1) is 22.8 Å². The first-order chi connectivity index (χ1) is 11.8. The summed E-state index contributed by atoms with van der Waals surface area (Å²) in [6.45, 7) is 0. The summed E-state index contributed by atoms with van der Waals surface area (Å²) < 4.78 is 24.9. The molecule has 0 saturated heterocycles. The second-order valence-corrected chi connectivity index (χ2v) is 8.25. The van der Waals surface area contributed by atoms with Gasteiger partial charge in [-0.1, -0.05) is 28.2 Å². The van der Waals surface area contributed by atoms with Crippen LogP contribution in [0.5, 0.6) is 0 Å². The van der Waals surface area contributed by atoms with Crippen molar-refractivity contribution < 1.29 is 18.0 Å². The number of carbonyl (C=O) groups excluding carboxylic acids is 1. The van der Waals surface area contributed by atoms with E-state index in [0.29, 0.717) is 10.7 Å². The molecule has 0 atom stereocenters. The van der Waals surface area contributed by atoms with Crippen LogP contribution in [-0.4, -0.2) is 38.7 Å². The molecule has 6 nitrogen and oxygen atoms in total. The third-order valence-corrected chi connectivity index (χ3v) is 6.44. The minimum Gasteiger partial charge on any atom is -0.325 e. The smallest absolute Gasteiger partial charge is 0.264 e. The lowest BCUT2D eigenvalue weighted by Gasteiger charge is -2.14. The van der Waals surface area contributed by atoms with E-state index in [1.54, 1.807) is 6.07 Å². The third kappa shape index (κ3) is 5.20. The van der Waals surface area contributed by atoms with Crippen LogP contribution in [0.15, 0.2) is 58.3 Å². The molecule has 0 fully saturated rings. The highest BCUT2D eigenvalue weighted by Gasteiger charge is 2.20. The van der Waals surface area contributed by atoms with Crippen LogP contribution in [0, 0.1) is 0 Å². The first-order valence-corrected chi connectivity index (χ1v) is 9.95. The van der Waals surface area contributed by atoms with Gasteiger partial charge in [0, 0.05) is 17.6 Å². The highest BCUT2D eigenvalue weighted by atomic mass is 35.5. The summed E-state index contributed by atoms with van der Waals surface area (Å²) in [5.41, 5.74) is 0.503. The Morgan fingerprint density at radius 2 is 1.84 bits per heavy atom. The minimum absolute atomic E-state index is 0.0697. The first kappa shape index (κ1) is 19.7. The first-order valence-electron chi connectivity index (χ1n) is 7.15. The highest BCUT2D eigenvalue weighted by molar-refractivity contribution is 8.00. The van der Waals surface area contributed by atoms with E-state index in [4.69, 9.17) is 16.4 Å². The van der Waals surface area contributed by atoms with Crippen molar-refractivity contribution in [3.63, 3.8) is 0 Å². The summed E-state index contributed by atoms with van der Waals surface area (Å²) >= 11 is 7.37. The topological polar surface area (TPSA) is 75.7 Å². The molecule has 1 N–H and O–H groups in total. The van der Waals surface area contributed by atoms with Gasteiger partial charge in [0.1, 0.15) is 0 Å². The number of thioether (sulfide) groups is 1. The summed E-state index contributed by atoms with van der Waals surface area (Å²) in [4.78, 5) is 17.6. The third-order valence-electron chi connectivity index (χ3n) is 3.23. The summed E-state index contributed by atoms with van der Waals surface area (Å²) in [5.74, 6) is -0.0227. The molecule has 0 spiro atoms. The molecule has 0 aliphatic rings. The van der Waals surface area contributed by atoms with E-state index in [2.05, 4.69) is 5.32 Å². The van der Waals surface area contributed by atoms with Crippen molar-refractivity contribution in [1.29, 1.82) is 0 Å². The van der Waals surface area contributed by atoms with E-state index >= 15 is 0 Å². The van der Waals surface area contributed by atoms with Crippen LogP contribution in [0.25, 0.3) is 0 Å². The Morgan fingerprint density at radius 1 is 1.20 bits per heavy atom. The summed E-state index contributed by atoms with van der Waals surface area (Å²) in [7, 11) is -1.14. The zero-order valence-corrected chi connectivity index (χ0v) is 16.0. The second-order valence-electron chi connectivity index (χ2n) is 4.89. The summed E-state index contributed by atoms with van der Waals surface area (Å²) in [6.07, 6.45) is 0. The van der Waals surface area contributed by atoms with Crippen molar-refractivity contribution in [3.05, 3.63) is 53.6 Å². The van der Waals surface area contributed by atoms with Crippen molar-refractivity contribution in [1.82, 2.24) is 4.47 Å². The zero-order chi connectivity index (χ0) is 18.4. The van der Waals surface area contributed by atoms with E-state index in [9.17, 15) is 13.2 Å². The standard InChI is InChI=1S/C16H17ClN2O4S2/c1-19(23-2)25(21,22)13-9-7-12(8-10-13)18-16(20)11-24-15-6-4-3-5-14(15)17/h3-10H,11H2,1-2H3,(H,18,20). The van der Waals surface area contributed by atoms with Crippen LogP contribution in [-0.2, 0) is 19.7 Å². The summed E-state index contributed by atoms with van der Waals surface area (Å²) in [5, 5.41) is 3.31. The van der Waals surface area contributed by atoms with Gasteiger partial charge in [0.25, 0.3) is 10.0 Å².